The number of cyclic esters (lactones) is 1. The molecule has 3 nitrogen and oxygen atoms in total. The van der Waals surface area contributed by atoms with E-state index in [1.165, 1.54) is 0 Å². The highest BCUT2D eigenvalue weighted by Crippen LogP contribution is 2.42. The predicted octanol–water partition coefficient (Wildman–Crippen LogP) is 0.0892. The van der Waals surface area contributed by atoms with Crippen molar-refractivity contribution in [2.75, 3.05) is 0 Å². The van der Waals surface area contributed by atoms with Gasteiger partial charge < -0.3 is 9.47 Å². The van der Waals surface area contributed by atoms with Gasteiger partial charge in [0.15, 0.2) is 6.10 Å². The van der Waals surface area contributed by atoms with E-state index in [2.05, 4.69) is 0 Å². The molecule has 0 unspecified atom stereocenters. The molecule has 2 fully saturated rings. The van der Waals surface area contributed by atoms with Crippen LogP contribution in [0.5, 0.6) is 0 Å². The van der Waals surface area contributed by atoms with E-state index >= 15 is 0 Å². The van der Waals surface area contributed by atoms with E-state index in [-0.39, 0.29) is 23.8 Å². The van der Waals surface area contributed by atoms with Crippen LogP contribution in [0.3, 0.4) is 0 Å². The molecule has 0 amide bonds. The van der Waals surface area contributed by atoms with Crippen LogP contribution in [0.15, 0.2) is 0 Å². The molecule has 0 spiro atoms. The lowest BCUT2D eigenvalue weighted by atomic mass is 10.1. The summed E-state index contributed by atoms with van der Waals surface area (Å²) in [5.74, 6) is -0.204. The SMILES string of the molecule is CC1(C)OC(=O)[C@H]2O[C@H]21. The lowest BCUT2D eigenvalue weighted by Gasteiger charge is -2.17. The molecule has 2 saturated heterocycles. The standard InChI is InChI=1S/C6H8O3/c1-6(2)4-3(8-4)5(7)9-6/h3-4H,1-2H3/t3-,4+/m0/s1. The first kappa shape index (κ1) is 5.23. The third-order valence-corrected chi connectivity index (χ3v) is 1.77. The van der Waals surface area contributed by atoms with E-state index in [1.807, 2.05) is 13.8 Å². The molecule has 0 bridgehead atoms. The number of rotatable bonds is 0. The van der Waals surface area contributed by atoms with Crippen LogP contribution in [0.4, 0.5) is 0 Å². The molecular weight excluding hydrogens is 120 g/mol. The van der Waals surface area contributed by atoms with Crippen LogP contribution >= 0.6 is 0 Å². The summed E-state index contributed by atoms with van der Waals surface area (Å²) < 4.78 is 9.95. The monoisotopic (exact) mass is 128 g/mol. The molecule has 2 aliphatic rings. The van der Waals surface area contributed by atoms with Gasteiger partial charge in [0.05, 0.1) is 0 Å². The molecule has 9 heavy (non-hydrogen) atoms. The van der Waals surface area contributed by atoms with E-state index in [1.54, 1.807) is 0 Å². The second kappa shape index (κ2) is 1.14. The number of carbonyl (C=O) groups is 1. The van der Waals surface area contributed by atoms with Crippen molar-refractivity contribution in [1.82, 2.24) is 0 Å². The summed E-state index contributed by atoms with van der Waals surface area (Å²) >= 11 is 0. The summed E-state index contributed by atoms with van der Waals surface area (Å²) in [6.07, 6.45) is -0.204. The lowest BCUT2D eigenvalue weighted by molar-refractivity contribution is -0.156. The van der Waals surface area contributed by atoms with Gasteiger partial charge in [-0.05, 0) is 13.8 Å². The fourth-order valence-electron chi connectivity index (χ4n) is 1.20. The van der Waals surface area contributed by atoms with Gasteiger partial charge in [-0.15, -0.1) is 0 Å². The Hall–Kier alpha value is -0.570. The number of esters is 1. The molecule has 2 heterocycles. The quantitative estimate of drug-likeness (QED) is 0.343. The first-order valence-corrected chi connectivity index (χ1v) is 2.99. The average Bonchev–Trinajstić information content (AvgIpc) is 2.33. The van der Waals surface area contributed by atoms with E-state index < -0.39 is 0 Å². The Morgan fingerprint density at radius 1 is 1.56 bits per heavy atom. The minimum Gasteiger partial charge on any atom is -0.455 e. The van der Waals surface area contributed by atoms with Gasteiger partial charge >= 0.3 is 5.97 Å². The summed E-state index contributed by atoms with van der Waals surface area (Å²) in [7, 11) is 0. The number of fused-ring (bicyclic) bond motifs is 1. The van der Waals surface area contributed by atoms with Crippen molar-refractivity contribution in [3.05, 3.63) is 0 Å². The predicted molar refractivity (Wildman–Crippen MR) is 28.8 cm³/mol. The van der Waals surface area contributed by atoms with E-state index in [4.69, 9.17) is 9.47 Å². The van der Waals surface area contributed by atoms with Crippen molar-refractivity contribution in [2.24, 2.45) is 0 Å². The lowest BCUT2D eigenvalue weighted by Crippen LogP contribution is -2.27. The Kier molecular flexibility index (Phi) is 0.662. The Morgan fingerprint density at radius 2 is 2.22 bits per heavy atom. The molecule has 0 aromatic heterocycles. The Balaban J connectivity index is 2.26. The zero-order chi connectivity index (χ0) is 6.65. The maximum absolute atomic E-state index is 10.7. The number of carbonyl (C=O) groups excluding carboxylic acids is 1. The minimum atomic E-state index is -0.373. The minimum absolute atomic E-state index is 0.0324. The van der Waals surface area contributed by atoms with Gasteiger partial charge in [-0.1, -0.05) is 0 Å². The summed E-state index contributed by atoms with van der Waals surface area (Å²) in [4.78, 5) is 10.7. The Labute approximate surface area is 52.9 Å². The summed E-state index contributed by atoms with van der Waals surface area (Å²) in [6.45, 7) is 3.73. The van der Waals surface area contributed by atoms with E-state index in [0.29, 0.717) is 0 Å². The Bertz CT molecular complexity index is 173. The van der Waals surface area contributed by atoms with Crippen molar-refractivity contribution in [2.45, 2.75) is 31.7 Å². The fraction of sp³-hybridized carbons (Fsp3) is 0.833. The molecule has 0 N–H and O–H groups in total. The maximum Gasteiger partial charge on any atom is 0.338 e. The molecule has 0 aliphatic carbocycles. The first-order valence-electron chi connectivity index (χ1n) is 2.99. The van der Waals surface area contributed by atoms with Gasteiger partial charge in [0.25, 0.3) is 0 Å². The highest BCUT2D eigenvalue weighted by Gasteiger charge is 2.63. The van der Waals surface area contributed by atoms with Crippen molar-refractivity contribution in [3.63, 3.8) is 0 Å². The van der Waals surface area contributed by atoms with Crippen LogP contribution in [-0.4, -0.2) is 23.8 Å². The normalized spacial score (nSPS) is 44.0. The van der Waals surface area contributed by atoms with E-state index in [0.717, 1.165) is 0 Å². The second-order valence-corrected chi connectivity index (χ2v) is 3.00. The number of epoxide rings is 1. The highest BCUT2D eigenvalue weighted by molar-refractivity contribution is 5.81. The zero-order valence-electron chi connectivity index (χ0n) is 5.38. The van der Waals surface area contributed by atoms with Crippen molar-refractivity contribution < 1.29 is 14.3 Å². The number of hydrogen-bond acceptors (Lipinski definition) is 3. The zero-order valence-corrected chi connectivity index (χ0v) is 5.38. The molecule has 2 rings (SSSR count). The summed E-state index contributed by atoms with van der Waals surface area (Å²) in [5, 5.41) is 0. The van der Waals surface area contributed by atoms with Gasteiger partial charge in [0, 0.05) is 0 Å². The summed E-state index contributed by atoms with van der Waals surface area (Å²) in [6, 6.07) is 0. The van der Waals surface area contributed by atoms with Crippen LogP contribution in [0, 0.1) is 0 Å². The molecule has 2 aliphatic heterocycles. The van der Waals surface area contributed by atoms with Gasteiger partial charge in [0.1, 0.15) is 11.7 Å². The van der Waals surface area contributed by atoms with E-state index in [9.17, 15) is 4.79 Å². The maximum atomic E-state index is 10.7. The smallest absolute Gasteiger partial charge is 0.338 e. The summed E-state index contributed by atoms with van der Waals surface area (Å²) in [5.41, 5.74) is -0.373. The number of hydrogen-bond donors (Lipinski definition) is 0. The van der Waals surface area contributed by atoms with Gasteiger partial charge in [0.2, 0.25) is 0 Å². The third kappa shape index (κ3) is 0.525. The number of ether oxygens (including phenoxy) is 2. The van der Waals surface area contributed by atoms with Gasteiger partial charge in [-0.3, -0.25) is 0 Å². The average molecular weight is 128 g/mol. The van der Waals surface area contributed by atoms with Crippen LogP contribution in [0.2, 0.25) is 0 Å². The third-order valence-electron chi connectivity index (χ3n) is 1.77. The molecule has 0 aromatic rings. The topological polar surface area (TPSA) is 38.8 Å². The molecule has 50 valence electrons. The van der Waals surface area contributed by atoms with Crippen LogP contribution < -0.4 is 0 Å². The molecule has 0 radical (unpaired) electrons. The largest absolute Gasteiger partial charge is 0.455 e. The Morgan fingerprint density at radius 3 is 2.33 bits per heavy atom. The highest BCUT2D eigenvalue weighted by atomic mass is 16.7. The van der Waals surface area contributed by atoms with Gasteiger partial charge in [-0.25, -0.2) is 4.79 Å². The van der Waals surface area contributed by atoms with Crippen LogP contribution in [-0.2, 0) is 14.3 Å². The van der Waals surface area contributed by atoms with Crippen LogP contribution in [0.25, 0.3) is 0 Å². The van der Waals surface area contributed by atoms with Crippen molar-refractivity contribution >= 4 is 5.97 Å². The molecular formula is C6H8O3. The molecule has 0 aromatic carbocycles. The van der Waals surface area contributed by atoms with Crippen molar-refractivity contribution in [1.29, 1.82) is 0 Å². The molecule has 2 atom stereocenters. The van der Waals surface area contributed by atoms with Gasteiger partial charge in [-0.2, -0.15) is 0 Å². The second-order valence-electron chi connectivity index (χ2n) is 3.00. The van der Waals surface area contributed by atoms with Crippen LogP contribution in [0.1, 0.15) is 13.8 Å². The molecule has 0 saturated carbocycles. The van der Waals surface area contributed by atoms with Crippen molar-refractivity contribution in [3.8, 4) is 0 Å². The first-order chi connectivity index (χ1) is 4.11. The fourth-order valence-corrected chi connectivity index (χ4v) is 1.20. The molecule has 3 heteroatoms.